The maximum atomic E-state index is 12.3. The van der Waals surface area contributed by atoms with Crippen molar-refractivity contribution in [2.75, 3.05) is 20.8 Å². The lowest BCUT2D eigenvalue weighted by atomic mass is 10.0. The molecule has 0 bridgehead atoms. The van der Waals surface area contributed by atoms with E-state index < -0.39 is 23.7 Å². The standard InChI is InChI=1S/C19H21NO7/c1-24-12-5-6-13-11(9-17(21)27-16(13)10-12)8-14(19(23)25-2)20-18(22)15-4-3-7-26-15/h5-6,9-10,14-15H,3-4,7-8H2,1-2H3,(H,20,22)/t14-,15-/m0/s1. The number of nitrogens with one attached hydrogen (secondary N) is 1. The molecule has 0 aliphatic carbocycles. The highest BCUT2D eigenvalue weighted by Crippen LogP contribution is 2.23. The summed E-state index contributed by atoms with van der Waals surface area (Å²) in [5, 5.41) is 3.32. The van der Waals surface area contributed by atoms with Gasteiger partial charge in [0, 0.05) is 30.5 Å². The second-order valence-electron chi connectivity index (χ2n) is 6.24. The lowest BCUT2D eigenvalue weighted by Crippen LogP contribution is -2.47. The van der Waals surface area contributed by atoms with Gasteiger partial charge in [-0.05, 0) is 30.5 Å². The van der Waals surface area contributed by atoms with E-state index in [1.165, 1.54) is 20.3 Å². The number of methoxy groups -OCH3 is 2. The molecule has 1 fully saturated rings. The quantitative estimate of drug-likeness (QED) is 0.597. The Morgan fingerprint density at radius 1 is 1.30 bits per heavy atom. The summed E-state index contributed by atoms with van der Waals surface area (Å²) < 4.78 is 20.5. The van der Waals surface area contributed by atoms with Gasteiger partial charge in [-0.1, -0.05) is 0 Å². The summed E-state index contributed by atoms with van der Waals surface area (Å²) in [5.74, 6) is -0.424. The summed E-state index contributed by atoms with van der Waals surface area (Å²) in [6, 6.07) is 5.42. The summed E-state index contributed by atoms with van der Waals surface area (Å²) in [5.41, 5.74) is 0.345. The maximum absolute atomic E-state index is 12.3. The average molecular weight is 375 g/mol. The number of hydrogen-bond donors (Lipinski definition) is 1. The fourth-order valence-electron chi connectivity index (χ4n) is 3.11. The molecule has 2 atom stereocenters. The highest BCUT2D eigenvalue weighted by atomic mass is 16.5. The first-order valence-corrected chi connectivity index (χ1v) is 8.62. The van der Waals surface area contributed by atoms with Crippen LogP contribution in [0, 0.1) is 0 Å². The Balaban J connectivity index is 1.89. The lowest BCUT2D eigenvalue weighted by Gasteiger charge is -2.19. The normalized spacial score (nSPS) is 17.5. The Hall–Kier alpha value is -2.87. The topological polar surface area (TPSA) is 104 Å². The van der Waals surface area contributed by atoms with Crippen LogP contribution in [0.15, 0.2) is 33.5 Å². The number of esters is 1. The van der Waals surface area contributed by atoms with Gasteiger partial charge in [0.2, 0.25) is 5.91 Å². The van der Waals surface area contributed by atoms with Crippen LogP contribution in [0.1, 0.15) is 18.4 Å². The van der Waals surface area contributed by atoms with Crippen molar-refractivity contribution in [3.05, 3.63) is 40.2 Å². The molecule has 144 valence electrons. The van der Waals surface area contributed by atoms with Crippen molar-refractivity contribution >= 4 is 22.8 Å². The summed E-state index contributed by atoms with van der Waals surface area (Å²) in [4.78, 5) is 36.5. The first-order chi connectivity index (χ1) is 13.0. The molecule has 2 heterocycles. The van der Waals surface area contributed by atoms with Gasteiger partial charge in [0.15, 0.2) is 0 Å². The number of ether oxygens (including phenoxy) is 3. The highest BCUT2D eigenvalue weighted by Gasteiger charge is 2.29. The van der Waals surface area contributed by atoms with E-state index in [1.54, 1.807) is 18.2 Å². The first kappa shape index (κ1) is 18.9. The molecule has 0 saturated carbocycles. The Labute approximate surface area is 155 Å². The average Bonchev–Trinajstić information content (AvgIpc) is 3.21. The third-order valence-electron chi connectivity index (χ3n) is 4.49. The fraction of sp³-hybridized carbons (Fsp3) is 0.421. The van der Waals surface area contributed by atoms with E-state index in [1.807, 2.05) is 0 Å². The molecule has 1 aliphatic heterocycles. The van der Waals surface area contributed by atoms with Crippen LogP contribution < -0.4 is 15.7 Å². The van der Waals surface area contributed by atoms with Crippen LogP contribution in [0.4, 0.5) is 0 Å². The van der Waals surface area contributed by atoms with Crippen LogP contribution in [0.25, 0.3) is 11.0 Å². The third kappa shape index (κ3) is 4.28. The molecule has 8 heteroatoms. The molecule has 0 radical (unpaired) electrons. The van der Waals surface area contributed by atoms with Crippen molar-refractivity contribution in [2.24, 2.45) is 0 Å². The predicted molar refractivity (Wildman–Crippen MR) is 95.7 cm³/mol. The zero-order valence-electron chi connectivity index (χ0n) is 15.2. The summed E-state index contributed by atoms with van der Waals surface area (Å²) in [6.45, 7) is 0.521. The maximum Gasteiger partial charge on any atom is 0.336 e. The number of benzene rings is 1. The number of carbonyl (C=O) groups is 2. The van der Waals surface area contributed by atoms with E-state index in [9.17, 15) is 14.4 Å². The molecule has 0 unspecified atom stereocenters. The van der Waals surface area contributed by atoms with Crippen LogP contribution in [-0.4, -0.2) is 44.8 Å². The van der Waals surface area contributed by atoms with Gasteiger partial charge in [0.05, 0.1) is 14.2 Å². The molecular weight excluding hydrogens is 354 g/mol. The molecular formula is C19H21NO7. The number of carbonyl (C=O) groups excluding carboxylic acids is 2. The molecule has 2 aromatic rings. The van der Waals surface area contributed by atoms with Gasteiger partial charge < -0.3 is 23.9 Å². The molecule has 0 spiro atoms. The minimum Gasteiger partial charge on any atom is -0.497 e. The van der Waals surface area contributed by atoms with Gasteiger partial charge in [-0.3, -0.25) is 4.79 Å². The van der Waals surface area contributed by atoms with E-state index >= 15 is 0 Å². The molecule has 1 aliphatic rings. The number of rotatable bonds is 6. The van der Waals surface area contributed by atoms with Crippen LogP contribution in [0.3, 0.4) is 0 Å². The van der Waals surface area contributed by atoms with Gasteiger partial charge in [-0.2, -0.15) is 0 Å². The second kappa shape index (κ2) is 8.22. The van der Waals surface area contributed by atoms with Gasteiger partial charge >= 0.3 is 11.6 Å². The summed E-state index contributed by atoms with van der Waals surface area (Å²) in [7, 11) is 2.76. The molecule has 1 aromatic carbocycles. The van der Waals surface area contributed by atoms with E-state index in [4.69, 9.17) is 18.6 Å². The fourth-order valence-corrected chi connectivity index (χ4v) is 3.11. The zero-order chi connectivity index (χ0) is 19.4. The molecule has 27 heavy (non-hydrogen) atoms. The minimum absolute atomic E-state index is 0.0829. The monoisotopic (exact) mass is 375 g/mol. The zero-order valence-corrected chi connectivity index (χ0v) is 15.2. The van der Waals surface area contributed by atoms with Gasteiger partial charge in [-0.25, -0.2) is 9.59 Å². The number of amides is 1. The van der Waals surface area contributed by atoms with Gasteiger partial charge in [0.1, 0.15) is 23.5 Å². The Morgan fingerprint density at radius 2 is 2.11 bits per heavy atom. The van der Waals surface area contributed by atoms with E-state index in [0.29, 0.717) is 35.3 Å². The SMILES string of the molecule is COC(=O)[C@H](Cc1cc(=O)oc2cc(OC)ccc12)NC(=O)[C@@H]1CCCO1. The van der Waals surface area contributed by atoms with Crippen LogP contribution in [0.5, 0.6) is 5.75 Å². The predicted octanol–water partition coefficient (Wildman–Crippen LogP) is 1.18. The van der Waals surface area contributed by atoms with Crippen molar-refractivity contribution in [3.8, 4) is 5.75 Å². The van der Waals surface area contributed by atoms with Crippen molar-refractivity contribution in [2.45, 2.75) is 31.4 Å². The van der Waals surface area contributed by atoms with Crippen molar-refractivity contribution in [1.82, 2.24) is 5.32 Å². The van der Waals surface area contributed by atoms with Gasteiger partial charge in [-0.15, -0.1) is 0 Å². The lowest BCUT2D eigenvalue weighted by molar-refractivity contribution is -0.146. The van der Waals surface area contributed by atoms with E-state index in [-0.39, 0.29) is 12.3 Å². The van der Waals surface area contributed by atoms with Crippen molar-refractivity contribution in [3.63, 3.8) is 0 Å². The smallest absolute Gasteiger partial charge is 0.336 e. The Bertz CT molecular complexity index is 899. The molecule has 3 rings (SSSR count). The second-order valence-corrected chi connectivity index (χ2v) is 6.24. The number of hydrogen-bond acceptors (Lipinski definition) is 7. The summed E-state index contributed by atoms with van der Waals surface area (Å²) >= 11 is 0. The van der Waals surface area contributed by atoms with Crippen LogP contribution in [-0.2, 0) is 25.5 Å². The summed E-state index contributed by atoms with van der Waals surface area (Å²) in [6.07, 6.45) is 0.920. The minimum atomic E-state index is -0.946. The van der Waals surface area contributed by atoms with E-state index in [2.05, 4.69) is 5.32 Å². The molecule has 1 saturated heterocycles. The van der Waals surface area contributed by atoms with Crippen molar-refractivity contribution in [1.29, 1.82) is 0 Å². The first-order valence-electron chi connectivity index (χ1n) is 8.62. The molecule has 1 N–H and O–H groups in total. The Morgan fingerprint density at radius 3 is 2.78 bits per heavy atom. The highest BCUT2D eigenvalue weighted by molar-refractivity contribution is 5.88. The van der Waals surface area contributed by atoms with Crippen LogP contribution >= 0.6 is 0 Å². The molecule has 1 aromatic heterocycles. The van der Waals surface area contributed by atoms with E-state index in [0.717, 1.165) is 6.42 Å². The van der Waals surface area contributed by atoms with Crippen molar-refractivity contribution < 1.29 is 28.2 Å². The molecule has 1 amide bonds. The third-order valence-corrected chi connectivity index (χ3v) is 4.49. The van der Waals surface area contributed by atoms with Gasteiger partial charge in [0.25, 0.3) is 0 Å². The Kier molecular flexibility index (Phi) is 5.75. The largest absolute Gasteiger partial charge is 0.497 e. The number of fused-ring (bicyclic) bond motifs is 1. The van der Waals surface area contributed by atoms with Crippen LogP contribution in [0.2, 0.25) is 0 Å². The molecule has 8 nitrogen and oxygen atoms in total.